The van der Waals surface area contributed by atoms with Crippen molar-refractivity contribution in [3.8, 4) is 0 Å². The summed E-state index contributed by atoms with van der Waals surface area (Å²) in [5, 5.41) is 0. The first-order valence-electron chi connectivity index (χ1n) is 9.53. The lowest BCUT2D eigenvalue weighted by atomic mass is 10.2. The summed E-state index contributed by atoms with van der Waals surface area (Å²) in [6, 6.07) is 9.71. The highest BCUT2D eigenvalue weighted by Gasteiger charge is 2.28. The Morgan fingerprint density at radius 1 is 1.18 bits per heavy atom. The van der Waals surface area contributed by atoms with Crippen LogP contribution in [-0.2, 0) is 13.2 Å². The molecule has 1 fully saturated rings. The first kappa shape index (κ1) is 17.4. The molecule has 144 valence electrons. The Morgan fingerprint density at radius 2 is 2.04 bits per heavy atom. The molecule has 3 aromatic heterocycles. The number of para-hydroxylation sites is 2. The minimum absolute atomic E-state index is 0.1000. The van der Waals surface area contributed by atoms with Gasteiger partial charge >= 0.3 is 5.76 Å². The van der Waals surface area contributed by atoms with Crippen LogP contribution in [0.1, 0.15) is 19.4 Å². The molecule has 5 rings (SSSR count). The summed E-state index contributed by atoms with van der Waals surface area (Å²) >= 11 is 5.72. The van der Waals surface area contributed by atoms with Gasteiger partial charge in [-0.25, -0.2) is 4.79 Å². The van der Waals surface area contributed by atoms with Gasteiger partial charge < -0.3 is 13.6 Å². The molecule has 1 atom stereocenters. The SMILES string of the molecule is CCn1c(=S)n(CN2CCC(n3c(=O)oc4ccccc43)C2)c2cnccc21. The van der Waals surface area contributed by atoms with Gasteiger partial charge in [0.25, 0.3) is 0 Å². The number of hydrogen-bond acceptors (Lipinski definition) is 5. The number of likely N-dealkylation sites (tertiary alicyclic amines) is 1. The van der Waals surface area contributed by atoms with Crippen molar-refractivity contribution >= 4 is 34.4 Å². The molecule has 0 radical (unpaired) electrons. The van der Waals surface area contributed by atoms with Gasteiger partial charge in [-0.2, -0.15) is 0 Å². The Morgan fingerprint density at radius 3 is 2.89 bits per heavy atom. The van der Waals surface area contributed by atoms with Crippen LogP contribution in [0.2, 0.25) is 0 Å². The van der Waals surface area contributed by atoms with Crippen molar-refractivity contribution in [2.45, 2.75) is 32.6 Å². The van der Waals surface area contributed by atoms with Crippen LogP contribution in [0.4, 0.5) is 0 Å². The van der Waals surface area contributed by atoms with Gasteiger partial charge in [-0.1, -0.05) is 12.1 Å². The predicted octanol–water partition coefficient (Wildman–Crippen LogP) is 3.40. The van der Waals surface area contributed by atoms with Crippen molar-refractivity contribution in [1.29, 1.82) is 0 Å². The Hall–Kier alpha value is -2.71. The summed E-state index contributed by atoms with van der Waals surface area (Å²) in [6.45, 7) is 5.30. The summed E-state index contributed by atoms with van der Waals surface area (Å²) in [4.78, 5) is 19.0. The Kier molecular flexibility index (Phi) is 4.17. The predicted molar refractivity (Wildman–Crippen MR) is 110 cm³/mol. The van der Waals surface area contributed by atoms with Gasteiger partial charge in [0.2, 0.25) is 0 Å². The van der Waals surface area contributed by atoms with Gasteiger partial charge in [-0.3, -0.25) is 14.5 Å². The fourth-order valence-corrected chi connectivity index (χ4v) is 4.67. The third-order valence-electron chi connectivity index (χ3n) is 5.61. The second-order valence-electron chi connectivity index (χ2n) is 7.19. The molecule has 28 heavy (non-hydrogen) atoms. The number of oxazole rings is 1. The van der Waals surface area contributed by atoms with E-state index in [-0.39, 0.29) is 11.8 Å². The second-order valence-corrected chi connectivity index (χ2v) is 7.55. The fraction of sp³-hybridized carbons (Fsp3) is 0.350. The quantitative estimate of drug-likeness (QED) is 0.496. The van der Waals surface area contributed by atoms with Crippen LogP contribution in [-0.4, -0.2) is 36.7 Å². The Labute approximate surface area is 166 Å². The van der Waals surface area contributed by atoms with E-state index in [0.29, 0.717) is 12.3 Å². The normalized spacial score (nSPS) is 17.8. The first-order chi connectivity index (χ1) is 13.7. The molecular formula is C20H21N5O2S. The van der Waals surface area contributed by atoms with Crippen molar-refractivity contribution in [2.75, 3.05) is 13.1 Å². The van der Waals surface area contributed by atoms with Crippen LogP contribution in [0.25, 0.3) is 22.1 Å². The standard InChI is InChI=1S/C20H21N5O2S/c1-2-23-15-7-9-21-11-17(15)24(19(23)28)13-22-10-8-14(12-22)25-16-5-3-4-6-18(16)27-20(25)26/h3-7,9,11,14H,2,8,10,12-13H2,1H3. The zero-order valence-corrected chi connectivity index (χ0v) is 16.4. The fourth-order valence-electron chi connectivity index (χ4n) is 4.29. The molecule has 1 saturated heterocycles. The lowest BCUT2D eigenvalue weighted by molar-refractivity contribution is 0.260. The minimum atomic E-state index is -0.281. The number of benzene rings is 1. The third kappa shape index (κ3) is 2.63. The summed E-state index contributed by atoms with van der Waals surface area (Å²) in [7, 11) is 0. The Bertz CT molecular complexity index is 1280. The maximum absolute atomic E-state index is 12.4. The van der Waals surface area contributed by atoms with Gasteiger partial charge in [0.1, 0.15) is 0 Å². The van der Waals surface area contributed by atoms with Crippen LogP contribution >= 0.6 is 12.2 Å². The van der Waals surface area contributed by atoms with Crippen molar-refractivity contribution in [3.63, 3.8) is 0 Å². The summed E-state index contributed by atoms with van der Waals surface area (Å²) < 4.78 is 12.3. The van der Waals surface area contributed by atoms with E-state index in [9.17, 15) is 4.79 Å². The molecule has 7 nitrogen and oxygen atoms in total. The van der Waals surface area contributed by atoms with Crippen LogP contribution in [0.15, 0.2) is 51.9 Å². The highest BCUT2D eigenvalue weighted by Crippen LogP contribution is 2.26. The molecule has 4 aromatic rings. The van der Waals surface area contributed by atoms with E-state index < -0.39 is 0 Å². The van der Waals surface area contributed by atoms with Crippen LogP contribution in [0, 0.1) is 4.77 Å². The smallest absolute Gasteiger partial charge is 0.408 e. The number of imidazole rings is 1. The lowest BCUT2D eigenvalue weighted by Crippen LogP contribution is -2.27. The number of hydrogen-bond donors (Lipinski definition) is 0. The summed E-state index contributed by atoms with van der Waals surface area (Å²) in [5.74, 6) is -0.281. The lowest BCUT2D eigenvalue weighted by Gasteiger charge is -2.17. The van der Waals surface area contributed by atoms with Gasteiger partial charge in [0.15, 0.2) is 10.4 Å². The number of rotatable bonds is 4. The summed E-state index contributed by atoms with van der Waals surface area (Å²) in [5.41, 5.74) is 3.66. The molecule has 4 heterocycles. The molecule has 0 aliphatic carbocycles. The number of pyridine rings is 1. The topological polar surface area (TPSA) is 61.1 Å². The van der Waals surface area contributed by atoms with Gasteiger partial charge in [0, 0.05) is 25.8 Å². The Balaban J connectivity index is 1.46. The molecule has 0 spiro atoms. The van der Waals surface area contributed by atoms with Crippen molar-refractivity contribution in [1.82, 2.24) is 23.6 Å². The van der Waals surface area contributed by atoms with Crippen LogP contribution in [0.3, 0.4) is 0 Å². The number of fused-ring (bicyclic) bond motifs is 2. The molecular weight excluding hydrogens is 374 g/mol. The van der Waals surface area contributed by atoms with Gasteiger partial charge in [-0.05, 0) is 43.8 Å². The van der Waals surface area contributed by atoms with Crippen molar-refractivity contribution in [3.05, 3.63) is 58.0 Å². The second kappa shape index (κ2) is 6.72. The van der Waals surface area contributed by atoms with E-state index >= 15 is 0 Å². The highest BCUT2D eigenvalue weighted by molar-refractivity contribution is 7.71. The van der Waals surface area contributed by atoms with Gasteiger partial charge in [0.05, 0.1) is 35.5 Å². The van der Waals surface area contributed by atoms with Crippen molar-refractivity contribution < 1.29 is 4.42 Å². The maximum Gasteiger partial charge on any atom is 0.420 e. The molecule has 1 aliphatic rings. The van der Waals surface area contributed by atoms with E-state index in [1.54, 1.807) is 10.8 Å². The van der Waals surface area contributed by atoms with Crippen LogP contribution < -0.4 is 5.76 Å². The third-order valence-corrected chi connectivity index (χ3v) is 6.05. The molecule has 8 heteroatoms. The zero-order chi connectivity index (χ0) is 19.3. The number of nitrogens with zero attached hydrogens (tertiary/aromatic N) is 5. The number of aromatic nitrogens is 4. The van der Waals surface area contributed by atoms with Crippen LogP contribution in [0.5, 0.6) is 0 Å². The molecule has 0 amide bonds. The molecule has 0 N–H and O–H groups in total. The van der Waals surface area contributed by atoms with E-state index in [4.69, 9.17) is 16.6 Å². The monoisotopic (exact) mass is 395 g/mol. The van der Waals surface area contributed by atoms with E-state index in [1.807, 2.05) is 36.5 Å². The molecule has 1 aliphatic heterocycles. The first-order valence-corrected chi connectivity index (χ1v) is 9.93. The van der Waals surface area contributed by atoms with Gasteiger partial charge in [-0.15, -0.1) is 0 Å². The average molecular weight is 395 g/mol. The molecule has 1 unspecified atom stereocenters. The number of aryl methyl sites for hydroxylation is 1. The maximum atomic E-state index is 12.4. The minimum Gasteiger partial charge on any atom is -0.408 e. The van der Waals surface area contributed by atoms with E-state index in [1.165, 1.54) is 0 Å². The largest absolute Gasteiger partial charge is 0.420 e. The van der Waals surface area contributed by atoms with E-state index in [0.717, 1.165) is 47.4 Å². The zero-order valence-electron chi connectivity index (χ0n) is 15.6. The summed E-state index contributed by atoms with van der Waals surface area (Å²) in [6.07, 6.45) is 4.58. The molecule has 0 saturated carbocycles. The van der Waals surface area contributed by atoms with Crippen molar-refractivity contribution in [2.24, 2.45) is 0 Å². The molecule has 0 bridgehead atoms. The van der Waals surface area contributed by atoms with E-state index in [2.05, 4.69) is 25.9 Å². The molecule has 1 aromatic carbocycles. The highest BCUT2D eigenvalue weighted by atomic mass is 32.1. The average Bonchev–Trinajstić information content (AvgIpc) is 3.36.